The van der Waals surface area contributed by atoms with Crippen LogP contribution in [0, 0.1) is 0 Å². The second-order valence-corrected chi connectivity index (χ2v) is 7.47. The van der Waals surface area contributed by atoms with Crippen LogP contribution in [0.4, 0.5) is 13.2 Å². The van der Waals surface area contributed by atoms with Crippen molar-refractivity contribution < 1.29 is 27.5 Å². The third-order valence-corrected chi connectivity index (χ3v) is 5.42. The fraction of sp³-hybridized carbons (Fsp3) is 0.529. The molecule has 7 nitrogen and oxygen atoms in total. The van der Waals surface area contributed by atoms with Crippen LogP contribution in [-0.2, 0) is 27.0 Å². The van der Waals surface area contributed by atoms with E-state index in [0.717, 1.165) is 23.6 Å². The average Bonchev–Trinajstić information content (AvgIpc) is 3.42. The van der Waals surface area contributed by atoms with Gasteiger partial charge in [0.2, 0.25) is 5.91 Å². The van der Waals surface area contributed by atoms with Crippen molar-refractivity contribution in [2.24, 2.45) is 0 Å². The molecule has 11 heteroatoms. The molecule has 2 aliphatic rings. The number of amides is 1. The van der Waals surface area contributed by atoms with Crippen molar-refractivity contribution >= 4 is 23.6 Å². The molecule has 1 aliphatic carbocycles. The van der Waals surface area contributed by atoms with Crippen LogP contribution in [0.3, 0.4) is 0 Å². The van der Waals surface area contributed by atoms with E-state index in [1.165, 1.54) is 29.8 Å². The summed E-state index contributed by atoms with van der Waals surface area (Å²) in [6, 6.07) is 0.842. The Bertz CT molecular complexity index is 877. The van der Waals surface area contributed by atoms with Crippen molar-refractivity contribution in [3.63, 3.8) is 0 Å². The minimum atomic E-state index is -4.75. The molecule has 3 rings (SSSR count). The molecular formula is C17H18F3N3O4S. The van der Waals surface area contributed by atoms with Crippen molar-refractivity contribution in [2.45, 2.75) is 37.9 Å². The Hall–Kier alpha value is -2.30. The number of nitrogens with zero attached hydrogens (tertiary/aromatic N) is 3. The minimum absolute atomic E-state index is 0.0425. The first kappa shape index (κ1) is 20.4. The Morgan fingerprint density at radius 3 is 2.68 bits per heavy atom. The van der Waals surface area contributed by atoms with Gasteiger partial charge in [-0.1, -0.05) is 11.8 Å². The summed E-state index contributed by atoms with van der Waals surface area (Å²) in [5.41, 5.74) is -2.14. The molecule has 1 saturated carbocycles. The number of halogens is 3. The topological polar surface area (TPSA) is 81.5 Å². The maximum atomic E-state index is 13.2. The van der Waals surface area contributed by atoms with Crippen LogP contribution in [0.25, 0.3) is 0 Å². The summed E-state index contributed by atoms with van der Waals surface area (Å²) in [4.78, 5) is 36.9. The van der Waals surface area contributed by atoms with E-state index in [9.17, 15) is 27.6 Å². The zero-order chi connectivity index (χ0) is 20.5. The van der Waals surface area contributed by atoms with Crippen molar-refractivity contribution in [2.75, 3.05) is 19.4 Å². The van der Waals surface area contributed by atoms with E-state index in [4.69, 9.17) is 0 Å². The highest BCUT2D eigenvalue weighted by Crippen LogP contribution is 2.40. The number of alkyl halides is 3. The van der Waals surface area contributed by atoms with Gasteiger partial charge in [0, 0.05) is 19.0 Å². The Kier molecular flexibility index (Phi) is 5.82. The molecule has 1 amide bonds. The van der Waals surface area contributed by atoms with E-state index in [0.29, 0.717) is 5.03 Å². The van der Waals surface area contributed by atoms with Crippen LogP contribution in [0.1, 0.15) is 36.4 Å². The maximum absolute atomic E-state index is 13.2. The van der Waals surface area contributed by atoms with E-state index < -0.39 is 23.3 Å². The van der Waals surface area contributed by atoms with E-state index in [-0.39, 0.29) is 42.8 Å². The molecule has 0 radical (unpaired) electrons. The molecule has 0 N–H and O–H groups in total. The fourth-order valence-electron chi connectivity index (χ4n) is 2.80. The molecule has 0 atom stereocenters. The van der Waals surface area contributed by atoms with E-state index in [1.807, 2.05) is 0 Å². The number of esters is 1. The van der Waals surface area contributed by atoms with Crippen LogP contribution in [0.5, 0.6) is 0 Å². The summed E-state index contributed by atoms with van der Waals surface area (Å²) >= 11 is 1.18. The van der Waals surface area contributed by atoms with E-state index in [1.54, 1.807) is 0 Å². The summed E-state index contributed by atoms with van der Waals surface area (Å²) in [6.45, 7) is 0.0835. The maximum Gasteiger partial charge on any atom is 0.421 e. The number of hydrogen-bond donors (Lipinski definition) is 0. The molecule has 0 bridgehead atoms. The van der Waals surface area contributed by atoms with E-state index in [2.05, 4.69) is 9.84 Å². The molecule has 2 heterocycles. The molecule has 1 saturated heterocycles. The van der Waals surface area contributed by atoms with Gasteiger partial charge in [-0.05, 0) is 25.3 Å². The Morgan fingerprint density at radius 1 is 1.36 bits per heavy atom. The largest absolute Gasteiger partial charge is 0.466 e. The van der Waals surface area contributed by atoms with Gasteiger partial charge in [0.15, 0.2) is 0 Å². The SMILES string of the molecule is COC(=O)/C=C1/SCC(=O)N1CCCn1nc(C2CC2)cc(C(F)(F)F)c1=O. The van der Waals surface area contributed by atoms with Crippen LogP contribution >= 0.6 is 11.8 Å². The van der Waals surface area contributed by atoms with Gasteiger partial charge >= 0.3 is 12.1 Å². The molecule has 1 aliphatic heterocycles. The molecule has 1 aromatic heterocycles. The summed E-state index contributed by atoms with van der Waals surface area (Å²) < 4.78 is 44.9. The highest BCUT2D eigenvalue weighted by Gasteiger charge is 2.37. The number of carbonyl (C=O) groups is 2. The first-order valence-corrected chi connectivity index (χ1v) is 9.61. The molecule has 2 fully saturated rings. The van der Waals surface area contributed by atoms with Gasteiger partial charge in [-0.2, -0.15) is 18.3 Å². The smallest absolute Gasteiger partial charge is 0.421 e. The number of ether oxygens (including phenoxy) is 1. The molecule has 0 aromatic carbocycles. The van der Waals surface area contributed by atoms with Gasteiger partial charge in [-0.25, -0.2) is 9.48 Å². The molecule has 0 spiro atoms. The van der Waals surface area contributed by atoms with Gasteiger partial charge in [0.05, 0.1) is 29.7 Å². The summed E-state index contributed by atoms with van der Waals surface area (Å²) in [7, 11) is 1.22. The van der Waals surface area contributed by atoms with Crippen LogP contribution in [-0.4, -0.2) is 46.0 Å². The Morgan fingerprint density at radius 2 is 2.07 bits per heavy atom. The lowest BCUT2D eigenvalue weighted by atomic mass is 10.2. The summed E-state index contributed by atoms with van der Waals surface area (Å²) in [5.74, 6) is -0.703. The van der Waals surface area contributed by atoms with Crippen LogP contribution < -0.4 is 5.56 Å². The summed E-state index contributed by atoms with van der Waals surface area (Å²) in [6.07, 6.45) is -1.84. The highest BCUT2D eigenvalue weighted by molar-refractivity contribution is 8.04. The zero-order valence-corrected chi connectivity index (χ0v) is 15.8. The van der Waals surface area contributed by atoms with Crippen LogP contribution in [0.2, 0.25) is 0 Å². The van der Waals surface area contributed by atoms with Crippen LogP contribution in [0.15, 0.2) is 22.0 Å². The first-order valence-electron chi connectivity index (χ1n) is 8.62. The van der Waals surface area contributed by atoms with Gasteiger partial charge in [0.25, 0.3) is 5.56 Å². The molecular weight excluding hydrogens is 399 g/mol. The number of carbonyl (C=O) groups excluding carboxylic acids is 2. The molecule has 0 unspecified atom stereocenters. The fourth-order valence-corrected chi connectivity index (χ4v) is 3.76. The second kappa shape index (κ2) is 7.98. The molecule has 1 aromatic rings. The average molecular weight is 417 g/mol. The van der Waals surface area contributed by atoms with Crippen molar-refractivity contribution in [1.29, 1.82) is 0 Å². The molecule has 28 heavy (non-hydrogen) atoms. The Balaban J connectivity index is 1.74. The zero-order valence-electron chi connectivity index (χ0n) is 15.0. The standard InChI is InChI=1S/C17H18F3N3O4S/c1-27-15(25)8-14-22(13(24)9-28-14)5-2-6-23-16(26)11(17(18,19)20)7-12(21-23)10-3-4-10/h7-8,10H,2-6,9H2,1H3/b14-8+. The van der Waals surface area contributed by atoms with E-state index >= 15 is 0 Å². The number of aromatic nitrogens is 2. The normalized spacial score (nSPS) is 18.8. The van der Waals surface area contributed by atoms with Gasteiger partial charge in [0.1, 0.15) is 5.56 Å². The number of aryl methyl sites for hydroxylation is 1. The monoisotopic (exact) mass is 417 g/mol. The van der Waals surface area contributed by atoms with Crippen molar-refractivity contribution in [1.82, 2.24) is 14.7 Å². The quantitative estimate of drug-likeness (QED) is 0.521. The van der Waals surface area contributed by atoms with Crippen molar-refractivity contribution in [3.05, 3.63) is 38.8 Å². The van der Waals surface area contributed by atoms with Gasteiger partial charge in [-0.3, -0.25) is 9.59 Å². The number of methoxy groups -OCH3 is 1. The number of rotatable bonds is 6. The minimum Gasteiger partial charge on any atom is -0.466 e. The number of hydrogen-bond acceptors (Lipinski definition) is 6. The number of thioether (sulfide) groups is 1. The Labute approximate surface area is 162 Å². The molecule has 152 valence electrons. The lowest BCUT2D eigenvalue weighted by Gasteiger charge is -2.17. The van der Waals surface area contributed by atoms with Crippen molar-refractivity contribution in [3.8, 4) is 0 Å². The van der Waals surface area contributed by atoms with Gasteiger partial charge < -0.3 is 9.64 Å². The lowest BCUT2D eigenvalue weighted by Crippen LogP contribution is -2.33. The van der Waals surface area contributed by atoms with Gasteiger partial charge in [-0.15, -0.1) is 0 Å². The lowest BCUT2D eigenvalue weighted by molar-refractivity contribution is -0.139. The highest BCUT2D eigenvalue weighted by atomic mass is 32.2. The second-order valence-electron chi connectivity index (χ2n) is 6.48. The predicted molar refractivity (Wildman–Crippen MR) is 94.4 cm³/mol. The third-order valence-electron chi connectivity index (χ3n) is 4.40. The predicted octanol–water partition coefficient (Wildman–Crippen LogP) is 2.12. The first-order chi connectivity index (χ1) is 13.2. The summed E-state index contributed by atoms with van der Waals surface area (Å²) in [5, 5.41) is 4.50. The third kappa shape index (κ3) is 4.57.